The van der Waals surface area contributed by atoms with Crippen LogP contribution in [0.4, 0.5) is 4.39 Å². The van der Waals surface area contributed by atoms with Gasteiger partial charge in [-0.05, 0) is 48.7 Å². The molecule has 106 valence electrons. The van der Waals surface area contributed by atoms with Crippen molar-refractivity contribution in [3.8, 4) is 0 Å². The van der Waals surface area contributed by atoms with Gasteiger partial charge in [0, 0.05) is 25.5 Å². The first-order valence-corrected chi connectivity index (χ1v) is 6.58. The summed E-state index contributed by atoms with van der Waals surface area (Å²) in [4.78, 5) is 3.96. The minimum atomic E-state index is -1.04. The number of aliphatic hydroxyl groups is 1. The fourth-order valence-electron chi connectivity index (χ4n) is 2.03. The van der Waals surface area contributed by atoms with Crippen molar-refractivity contribution in [2.45, 2.75) is 26.0 Å². The number of hydrogen-bond acceptors (Lipinski definition) is 3. The third-order valence-corrected chi connectivity index (χ3v) is 3.33. The van der Waals surface area contributed by atoms with Crippen LogP contribution in [-0.4, -0.2) is 16.6 Å². The van der Waals surface area contributed by atoms with E-state index in [1.807, 2.05) is 12.1 Å². The average molecular weight is 274 g/mol. The van der Waals surface area contributed by atoms with E-state index in [9.17, 15) is 9.50 Å². The van der Waals surface area contributed by atoms with Gasteiger partial charge in [0.2, 0.25) is 0 Å². The number of aryl methyl sites for hydroxylation is 1. The molecule has 2 aromatic rings. The van der Waals surface area contributed by atoms with Crippen molar-refractivity contribution < 1.29 is 9.50 Å². The molecule has 0 spiro atoms. The van der Waals surface area contributed by atoms with Crippen molar-refractivity contribution in [1.29, 1.82) is 0 Å². The molecule has 1 aromatic carbocycles. The lowest BCUT2D eigenvalue weighted by Crippen LogP contribution is -2.35. The molecule has 0 aliphatic heterocycles. The van der Waals surface area contributed by atoms with Gasteiger partial charge >= 0.3 is 0 Å². The molecule has 0 aliphatic carbocycles. The van der Waals surface area contributed by atoms with E-state index < -0.39 is 5.60 Å². The van der Waals surface area contributed by atoms with E-state index in [1.54, 1.807) is 38.4 Å². The molecular weight excluding hydrogens is 255 g/mol. The number of aromatic nitrogens is 1. The number of rotatable bonds is 5. The first-order valence-electron chi connectivity index (χ1n) is 6.58. The molecule has 1 atom stereocenters. The summed E-state index contributed by atoms with van der Waals surface area (Å²) in [5.74, 6) is -0.255. The zero-order chi connectivity index (χ0) is 14.6. The second kappa shape index (κ2) is 6.11. The second-order valence-corrected chi connectivity index (χ2v) is 5.20. The molecule has 2 rings (SSSR count). The van der Waals surface area contributed by atoms with Crippen molar-refractivity contribution in [2.75, 3.05) is 6.54 Å². The molecule has 2 N–H and O–H groups in total. The zero-order valence-corrected chi connectivity index (χ0v) is 11.7. The van der Waals surface area contributed by atoms with Gasteiger partial charge in [-0.15, -0.1) is 0 Å². The molecule has 0 amide bonds. The van der Waals surface area contributed by atoms with Gasteiger partial charge in [-0.1, -0.05) is 12.1 Å². The quantitative estimate of drug-likeness (QED) is 0.880. The van der Waals surface area contributed by atoms with Crippen molar-refractivity contribution in [3.63, 3.8) is 0 Å². The van der Waals surface area contributed by atoms with Gasteiger partial charge in [0.1, 0.15) is 5.82 Å². The van der Waals surface area contributed by atoms with Crippen LogP contribution in [0.25, 0.3) is 0 Å². The van der Waals surface area contributed by atoms with Gasteiger partial charge < -0.3 is 10.4 Å². The molecule has 0 radical (unpaired) electrons. The molecule has 1 unspecified atom stereocenters. The van der Waals surface area contributed by atoms with E-state index in [0.29, 0.717) is 24.2 Å². The third kappa shape index (κ3) is 3.62. The maximum absolute atomic E-state index is 13.3. The topological polar surface area (TPSA) is 45.1 Å². The maximum atomic E-state index is 13.3. The normalized spacial score (nSPS) is 14.0. The molecule has 3 nitrogen and oxygen atoms in total. The van der Waals surface area contributed by atoms with E-state index in [-0.39, 0.29) is 5.82 Å². The van der Waals surface area contributed by atoms with Crippen LogP contribution >= 0.6 is 0 Å². The SMILES string of the molecule is Cc1cc(C(C)(O)CNCc2ccncc2)ccc1F. The van der Waals surface area contributed by atoms with Crippen molar-refractivity contribution >= 4 is 0 Å². The lowest BCUT2D eigenvalue weighted by Gasteiger charge is -2.25. The van der Waals surface area contributed by atoms with Gasteiger partial charge in [-0.2, -0.15) is 0 Å². The van der Waals surface area contributed by atoms with Gasteiger partial charge in [0.05, 0.1) is 5.60 Å². The van der Waals surface area contributed by atoms with Crippen LogP contribution in [0.15, 0.2) is 42.7 Å². The fourth-order valence-corrected chi connectivity index (χ4v) is 2.03. The molecule has 20 heavy (non-hydrogen) atoms. The first kappa shape index (κ1) is 14.6. The highest BCUT2D eigenvalue weighted by molar-refractivity contribution is 5.28. The van der Waals surface area contributed by atoms with Crippen LogP contribution in [0.2, 0.25) is 0 Å². The van der Waals surface area contributed by atoms with E-state index in [4.69, 9.17) is 0 Å². The summed E-state index contributed by atoms with van der Waals surface area (Å²) < 4.78 is 13.3. The van der Waals surface area contributed by atoms with Crippen LogP contribution in [0.1, 0.15) is 23.6 Å². The van der Waals surface area contributed by atoms with Gasteiger partial charge in [0.15, 0.2) is 0 Å². The van der Waals surface area contributed by atoms with Crippen molar-refractivity contribution in [3.05, 3.63) is 65.2 Å². The lowest BCUT2D eigenvalue weighted by molar-refractivity contribution is 0.0565. The molecule has 1 heterocycles. The Balaban J connectivity index is 1.98. The maximum Gasteiger partial charge on any atom is 0.126 e. The fraction of sp³-hybridized carbons (Fsp3) is 0.312. The second-order valence-electron chi connectivity index (χ2n) is 5.20. The predicted octanol–water partition coefficient (Wildman–Crippen LogP) is 2.53. The molecule has 0 saturated carbocycles. The number of nitrogens with one attached hydrogen (secondary N) is 1. The van der Waals surface area contributed by atoms with Crippen molar-refractivity contribution in [2.24, 2.45) is 0 Å². The molecule has 4 heteroatoms. The van der Waals surface area contributed by atoms with Crippen LogP contribution in [0.3, 0.4) is 0 Å². The van der Waals surface area contributed by atoms with E-state index >= 15 is 0 Å². The van der Waals surface area contributed by atoms with E-state index in [0.717, 1.165) is 5.56 Å². The Morgan fingerprint density at radius 3 is 2.60 bits per heavy atom. The molecule has 0 bridgehead atoms. The Morgan fingerprint density at radius 2 is 1.95 bits per heavy atom. The van der Waals surface area contributed by atoms with E-state index in [2.05, 4.69) is 10.3 Å². The Labute approximate surface area is 118 Å². The lowest BCUT2D eigenvalue weighted by atomic mass is 9.94. The standard InChI is InChI=1S/C16H19FN2O/c1-12-9-14(3-4-15(12)17)16(2,20)11-19-10-13-5-7-18-8-6-13/h3-9,19-20H,10-11H2,1-2H3. The van der Waals surface area contributed by atoms with Gasteiger partial charge in [-0.3, -0.25) is 4.98 Å². The summed E-state index contributed by atoms with van der Waals surface area (Å²) in [7, 11) is 0. The highest BCUT2D eigenvalue weighted by atomic mass is 19.1. The molecule has 0 aliphatic rings. The number of benzene rings is 1. The van der Waals surface area contributed by atoms with E-state index in [1.165, 1.54) is 6.07 Å². The molecule has 0 fully saturated rings. The van der Waals surface area contributed by atoms with Gasteiger partial charge in [-0.25, -0.2) is 4.39 Å². The summed E-state index contributed by atoms with van der Waals surface area (Å²) in [6.45, 7) is 4.46. The number of hydrogen-bond donors (Lipinski definition) is 2. The van der Waals surface area contributed by atoms with Gasteiger partial charge in [0.25, 0.3) is 0 Å². The van der Waals surface area contributed by atoms with Crippen LogP contribution in [0, 0.1) is 12.7 Å². The Kier molecular flexibility index (Phi) is 4.47. The number of nitrogens with zero attached hydrogens (tertiary/aromatic N) is 1. The smallest absolute Gasteiger partial charge is 0.126 e. The molecular formula is C16H19FN2O. The average Bonchev–Trinajstić information content (AvgIpc) is 2.43. The minimum absolute atomic E-state index is 0.255. The number of halogens is 1. The predicted molar refractivity (Wildman–Crippen MR) is 76.7 cm³/mol. The summed E-state index contributed by atoms with van der Waals surface area (Å²) in [6, 6.07) is 8.54. The summed E-state index contributed by atoms with van der Waals surface area (Å²) in [5.41, 5.74) is 1.31. The highest BCUT2D eigenvalue weighted by Gasteiger charge is 2.23. The van der Waals surface area contributed by atoms with Crippen molar-refractivity contribution in [1.82, 2.24) is 10.3 Å². The monoisotopic (exact) mass is 274 g/mol. The summed E-state index contributed by atoms with van der Waals surface area (Å²) >= 11 is 0. The number of pyridine rings is 1. The third-order valence-electron chi connectivity index (χ3n) is 3.33. The zero-order valence-electron chi connectivity index (χ0n) is 11.7. The largest absolute Gasteiger partial charge is 0.384 e. The Hall–Kier alpha value is -1.78. The minimum Gasteiger partial charge on any atom is -0.384 e. The van der Waals surface area contributed by atoms with Crippen LogP contribution < -0.4 is 5.32 Å². The molecule has 1 aromatic heterocycles. The summed E-state index contributed by atoms with van der Waals surface area (Å²) in [6.07, 6.45) is 3.47. The Morgan fingerprint density at radius 1 is 1.25 bits per heavy atom. The van der Waals surface area contributed by atoms with Crippen LogP contribution in [0.5, 0.6) is 0 Å². The van der Waals surface area contributed by atoms with Crippen LogP contribution in [-0.2, 0) is 12.1 Å². The highest BCUT2D eigenvalue weighted by Crippen LogP contribution is 2.22. The summed E-state index contributed by atoms with van der Waals surface area (Å²) in [5, 5.41) is 13.7. The first-order chi connectivity index (χ1) is 9.49. The molecule has 0 saturated heterocycles. The Bertz CT molecular complexity index is 570.